The van der Waals surface area contributed by atoms with Gasteiger partial charge in [-0.25, -0.2) is 0 Å². The molecule has 0 saturated carbocycles. The lowest BCUT2D eigenvalue weighted by Gasteiger charge is -2.36. The number of hydrogen-bond donors (Lipinski definition) is 0. The van der Waals surface area contributed by atoms with Crippen LogP contribution < -0.4 is 4.74 Å². The summed E-state index contributed by atoms with van der Waals surface area (Å²) in [6, 6.07) is 14.1. The maximum Gasteiger partial charge on any atom is 0.573 e. The van der Waals surface area contributed by atoms with Crippen molar-refractivity contribution in [2.75, 3.05) is 6.54 Å². The molecule has 0 fully saturated rings. The van der Waals surface area contributed by atoms with Gasteiger partial charge in [0.15, 0.2) is 0 Å². The first-order valence-electron chi connectivity index (χ1n) is 8.55. The van der Waals surface area contributed by atoms with Crippen LogP contribution in [0.15, 0.2) is 60.1 Å². The molecule has 0 spiro atoms. The van der Waals surface area contributed by atoms with Crippen molar-refractivity contribution >= 4 is 11.3 Å². The lowest BCUT2D eigenvalue weighted by Crippen LogP contribution is -2.35. The van der Waals surface area contributed by atoms with Gasteiger partial charge in [0.25, 0.3) is 0 Å². The van der Waals surface area contributed by atoms with E-state index in [1.807, 2.05) is 18.2 Å². The van der Waals surface area contributed by atoms with Crippen LogP contribution in [0.4, 0.5) is 13.2 Å². The molecule has 0 saturated heterocycles. The second-order valence-corrected chi connectivity index (χ2v) is 7.36. The maximum atomic E-state index is 12.4. The van der Waals surface area contributed by atoms with Crippen molar-refractivity contribution in [2.24, 2.45) is 0 Å². The highest BCUT2D eigenvalue weighted by Gasteiger charge is 2.32. The fourth-order valence-electron chi connectivity index (χ4n) is 3.48. The standard InChI is InChI=1S/C20H17F3N2OS/c21-20(22,23)26-16-6-4-14(5-7-16)19-17-9-12-27-18(17)8-11-25(19)13-15-3-1-2-10-24-15/h1-7,9-10,12,19H,8,11,13H2. The van der Waals surface area contributed by atoms with E-state index in [9.17, 15) is 13.2 Å². The van der Waals surface area contributed by atoms with Gasteiger partial charge in [-0.3, -0.25) is 9.88 Å². The Morgan fingerprint density at radius 3 is 2.63 bits per heavy atom. The number of rotatable bonds is 4. The highest BCUT2D eigenvalue weighted by atomic mass is 32.1. The van der Waals surface area contributed by atoms with Crippen LogP contribution in [0.5, 0.6) is 5.75 Å². The second kappa shape index (κ2) is 7.32. The third-order valence-corrected chi connectivity index (χ3v) is 5.58. The average Bonchev–Trinajstić information content (AvgIpc) is 3.11. The van der Waals surface area contributed by atoms with Crippen molar-refractivity contribution in [3.8, 4) is 5.75 Å². The molecule has 0 aliphatic carbocycles. The number of alkyl halides is 3. The Balaban J connectivity index is 1.64. The van der Waals surface area contributed by atoms with Gasteiger partial charge in [-0.05, 0) is 53.3 Å². The van der Waals surface area contributed by atoms with Crippen molar-refractivity contribution in [3.63, 3.8) is 0 Å². The Hall–Kier alpha value is -2.38. The Morgan fingerprint density at radius 2 is 1.93 bits per heavy atom. The zero-order valence-corrected chi connectivity index (χ0v) is 15.1. The predicted octanol–water partition coefficient (Wildman–Crippen LogP) is 5.19. The van der Waals surface area contributed by atoms with Crippen LogP contribution in [0.1, 0.15) is 27.7 Å². The molecule has 7 heteroatoms. The molecule has 0 amide bonds. The van der Waals surface area contributed by atoms with E-state index in [-0.39, 0.29) is 11.8 Å². The summed E-state index contributed by atoms with van der Waals surface area (Å²) >= 11 is 1.73. The molecule has 0 N–H and O–H groups in total. The van der Waals surface area contributed by atoms with Crippen molar-refractivity contribution in [1.82, 2.24) is 9.88 Å². The molecular formula is C20H17F3N2OS. The lowest BCUT2D eigenvalue weighted by molar-refractivity contribution is -0.274. The van der Waals surface area contributed by atoms with Crippen molar-refractivity contribution in [3.05, 3.63) is 81.8 Å². The fraction of sp³-hybridized carbons (Fsp3) is 0.250. The van der Waals surface area contributed by atoms with Crippen LogP contribution in [0.2, 0.25) is 0 Å². The second-order valence-electron chi connectivity index (χ2n) is 6.36. The van der Waals surface area contributed by atoms with Crippen molar-refractivity contribution in [1.29, 1.82) is 0 Å². The van der Waals surface area contributed by atoms with Crippen LogP contribution in [0, 0.1) is 0 Å². The SMILES string of the molecule is FC(F)(F)Oc1ccc(C2c3ccsc3CCN2Cc2ccccn2)cc1. The summed E-state index contributed by atoms with van der Waals surface area (Å²) in [4.78, 5) is 8.06. The number of fused-ring (bicyclic) bond motifs is 1. The average molecular weight is 390 g/mol. The molecule has 1 aromatic carbocycles. The number of pyridine rings is 1. The number of nitrogens with zero attached hydrogens (tertiary/aromatic N) is 2. The van der Waals surface area contributed by atoms with E-state index in [4.69, 9.17) is 0 Å². The van der Waals surface area contributed by atoms with Gasteiger partial charge in [-0.1, -0.05) is 18.2 Å². The third-order valence-electron chi connectivity index (χ3n) is 4.59. The lowest BCUT2D eigenvalue weighted by atomic mass is 9.93. The van der Waals surface area contributed by atoms with Gasteiger partial charge in [-0.15, -0.1) is 24.5 Å². The van der Waals surface area contributed by atoms with E-state index < -0.39 is 6.36 Å². The zero-order chi connectivity index (χ0) is 18.9. The van der Waals surface area contributed by atoms with Crippen LogP contribution in [-0.2, 0) is 13.0 Å². The van der Waals surface area contributed by atoms with Gasteiger partial charge in [0.05, 0.1) is 11.7 Å². The summed E-state index contributed by atoms with van der Waals surface area (Å²) in [6.45, 7) is 1.55. The largest absolute Gasteiger partial charge is 0.573 e. The molecule has 2 aromatic heterocycles. The molecule has 140 valence electrons. The van der Waals surface area contributed by atoms with E-state index in [0.717, 1.165) is 24.2 Å². The molecule has 3 nitrogen and oxygen atoms in total. The molecule has 4 rings (SSSR count). The van der Waals surface area contributed by atoms with E-state index in [1.54, 1.807) is 29.7 Å². The smallest absolute Gasteiger partial charge is 0.406 e. The normalized spacial score (nSPS) is 17.5. The summed E-state index contributed by atoms with van der Waals surface area (Å²) in [7, 11) is 0. The predicted molar refractivity (Wildman–Crippen MR) is 97.6 cm³/mol. The van der Waals surface area contributed by atoms with Gasteiger partial charge in [-0.2, -0.15) is 0 Å². The van der Waals surface area contributed by atoms with Crippen molar-refractivity contribution < 1.29 is 17.9 Å². The molecule has 1 aliphatic rings. The monoisotopic (exact) mass is 390 g/mol. The molecule has 1 unspecified atom stereocenters. The Bertz CT molecular complexity index is 894. The third kappa shape index (κ3) is 4.14. The van der Waals surface area contributed by atoms with Crippen LogP contribution >= 0.6 is 11.3 Å². The van der Waals surface area contributed by atoms with Crippen molar-refractivity contribution in [2.45, 2.75) is 25.4 Å². The molecule has 0 bridgehead atoms. The molecule has 0 radical (unpaired) electrons. The van der Waals surface area contributed by atoms with Crippen LogP contribution in [-0.4, -0.2) is 22.8 Å². The number of thiophene rings is 1. The molecule has 1 atom stereocenters. The summed E-state index contributed by atoms with van der Waals surface area (Å²) in [5.41, 5.74) is 3.13. The number of ether oxygens (including phenoxy) is 1. The number of hydrogen-bond acceptors (Lipinski definition) is 4. The van der Waals surface area contributed by atoms with E-state index in [2.05, 4.69) is 26.1 Å². The molecule has 3 aromatic rings. The van der Waals surface area contributed by atoms with Crippen LogP contribution in [0.3, 0.4) is 0 Å². The maximum absolute atomic E-state index is 12.4. The Kier molecular flexibility index (Phi) is 4.88. The van der Waals surface area contributed by atoms with Gasteiger partial charge in [0, 0.05) is 24.2 Å². The first kappa shape index (κ1) is 18.0. The fourth-order valence-corrected chi connectivity index (χ4v) is 4.38. The summed E-state index contributed by atoms with van der Waals surface area (Å²) in [5.74, 6) is -0.205. The van der Waals surface area contributed by atoms with Gasteiger partial charge in [0.2, 0.25) is 0 Å². The summed E-state index contributed by atoms with van der Waals surface area (Å²) in [5, 5.41) is 2.07. The van der Waals surface area contributed by atoms with Gasteiger partial charge in [0.1, 0.15) is 5.75 Å². The zero-order valence-electron chi connectivity index (χ0n) is 14.3. The Labute approximate surface area is 159 Å². The number of aromatic nitrogens is 1. The van der Waals surface area contributed by atoms with Gasteiger partial charge < -0.3 is 4.74 Å². The first-order valence-corrected chi connectivity index (χ1v) is 9.43. The molecule has 27 heavy (non-hydrogen) atoms. The van der Waals surface area contributed by atoms with E-state index in [0.29, 0.717) is 6.54 Å². The van der Waals surface area contributed by atoms with Gasteiger partial charge >= 0.3 is 6.36 Å². The number of benzene rings is 1. The topological polar surface area (TPSA) is 25.4 Å². The molecular weight excluding hydrogens is 373 g/mol. The van der Waals surface area contributed by atoms with E-state index >= 15 is 0 Å². The first-order chi connectivity index (χ1) is 13.0. The minimum absolute atomic E-state index is 0.0121. The highest BCUT2D eigenvalue weighted by Crippen LogP contribution is 2.39. The Morgan fingerprint density at radius 1 is 1.11 bits per heavy atom. The number of halogens is 3. The summed E-state index contributed by atoms with van der Waals surface area (Å²) < 4.78 is 41.3. The minimum atomic E-state index is -4.68. The van der Waals surface area contributed by atoms with E-state index in [1.165, 1.54) is 22.6 Å². The minimum Gasteiger partial charge on any atom is -0.406 e. The summed E-state index contributed by atoms with van der Waals surface area (Å²) in [6.07, 6.45) is -1.95. The van der Waals surface area contributed by atoms with Crippen LogP contribution in [0.25, 0.3) is 0 Å². The molecule has 1 aliphatic heterocycles. The molecule has 3 heterocycles. The highest BCUT2D eigenvalue weighted by molar-refractivity contribution is 7.10. The quantitative estimate of drug-likeness (QED) is 0.613.